The van der Waals surface area contributed by atoms with Crippen molar-refractivity contribution < 1.29 is 24.2 Å². The van der Waals surface area contributed by atoms with Crippen LogP contribution in [0.2, 0.25) is 0 Å². The van der Waals surface area contributed by atoms with Crippen LogP contribution in [0.15, 0.2) is 12.2 Å². The molecular weight excluding hydrogens is 376 g/mol. The van der Waals surface area contributed by atoms with E-state index in [1.165, 1.54) is 7.11 Å². The van der Waals surface area contributed by atoms with Crippen LogP contribution >= 0.6 is 27.5 Å². The van der Waals surface area contributed by atoms with Crippen molar-refractivity contribution in [3.63, 3.8) is 0 Å². The van der Waals surface area contributed by atoms with Crippen LogP contribution in [0.1, 0.15) is 39.0 Å². The molecule has 0 rings (SSSR count). The second-order valence-electron chi connectivity index (χ2n) is 4.80. The molecule has 0 heterocycles. The molecule has 0 fully saturated rings. The number of aliphatic hydroxyl groups excluding tert-OH is 1. The molecule has 0 aliphatic heterocycles. The molecule has 3 unspecified atom stereocenters. The first-order chi connectivity index (χ1) is 10.5. The Bertz CT molecular complexity index is 362. The molecule has 0 saturated carbocycles. The summed E-state index contributed by atoms with van der Waals surface area (Å²) in [5.74, 6) is -1.17. The third-order valence-electron chi connectivity index (χ3n) is 3.02. The molecule has 5 nitrogen and oxygen atoms in total. The highest BCUT2D eigenvalue weighted by Gasteiger charge is 2.27. The molecule has 7 heteroatoms. The van der Waals surface area contributed by atoms with E-state index in [1.54, 1.807) is 12.2 Å². The number of rotatable bonds is 11. The minimum Gasteiger partial charge on any atom is -0.469 e. The molecule has 0 aliphatic rings. The Hall–Kier alpha value is -0.590. The lowest BCUT2D eigenvalue weighted by Gasteiger charge is -2.25. The molecule has 0 bridgehead atoms. The summed E-state index contributed by atoms with van der Waals surface area (Å²) in [6.07, 6.45) is 5.24. The maximum absolute atomic E-state index is 11.4. The zero-order valence-corrected chi connectivity index (χ0v) is 15.3. The molecule has 0 saturated heterocycles. The number of carbonyl (C=O) groups excluding carboxylic acids is 2. The summed E-state index contributed by atoms with van der Waals surface area (Å²) in [5, 5.41) is 10.3. The van der Waals surface area contributed by atoms with Crippen LogP contribution in [0.4, 0.5) is 0 Å². The van der Waals surface area contributed by atoms with Crippen LogP contribution in [0.5, 0.6) is 0 Å². The first kappa shape index (κ1) is 21.4. The number of hydrogen-bond acceptors (Lipinski definition) is 5. The Balaban J connectivity index is 4.58. The Labute approximate surface area is 145 Å². The van der Waals surface area contributed by atoms with E-state index < -0.39 is 23.0 Å². The fraction of sp³-hybridized carbons (Fsp3) is 0.733. The van der Waals surface area contributed by atoms with Gasteiger partial charge in [-0.05, 0) is 12.8 Å². The van der Waals surface area contributed by atoms with E-state index in [0.717, 1.165) is 19.3 Å². The monoisotopic (exact) mass is 398 g/mol. The number of esters is 2. The van der Waals surface area contributed by atoms with Gasteiger partial charge in [0.05, 0.1) is 18.4 Å². The van der Waals surface area contributed by atoms with Crippen molar-refractivity contribution >= 4 is 39.5 Å². The lowest BCUT2D eigenvalue weighted by molar-refractivity contribution is -0.152. The number of ether oxygens (including phenoxy) is 2. The van der Waals surface area contributed by atoms with Crippen LogP contribution in [-0.4, -0.2) is 47.1 Å². The van der Waals surface area contributed by atoms with Crippen molar-refractivity contribution in [2.75, 3.05) is 13.0 Å². The zero-order chi connectivity index (χ0) is 17.0. The van der Waals surface area contributed by atoms with Crippen LogP contribution in [0.3, 0.4) is 0 Å². The van der Waals surface area contributed by atoms with Gasteiger partial charge in [-0.25, -0.2) is 0 Å². The van der Waals surface area contributed by atoms with Crippen LogP contribution in [0, 0.1) is 0 Å². The summed E-state index contributed by atoms with van der Waals surface area (Å²) in [5.41, 5.74) is 0. The minimum absolute atomic E-state index is 0.118. The third-order valence-corrected chi connectivity index (χ3v) is 4.09. The molecular formula is C15H24BrClO5. The quantitative estimate of drug-likeness (QED) is 0.250. The summed E-state index contributed by atoms with van der Waals surface area (Å²) in [7, 11) is 1.31. The molecule has 0 amide bonds. The number of aliphatic hydroxyl groups is 1. The van der Waals surface area contributed by atoms with Gasteiger partial charge in [-0.1, -0.05) is 47.8 Å². The van der Waals surface area contributed by atoms with E-state index in [-0.39, 0.29) is 18.3 Å². The second-order valence-corrected chi connectivity index (χ2v) is 6.13. The smallest absolute Gasteiger partial charge is 0.321 e. The van der Waals surface area contributed by atoms with Gasteiger partial charge in [0, 0.05) is 0 Å². The molecule has 0 aromatic rings. The molecule has 0 aromatic heterocycles. The zero-order valence-electron chi connectivity index (χ0n) is 13.0. The lowest BCUT2D eigenvalue weighted by Crippen LogP contribution is -2.37. The number of unbranched alkanes of at least 4 members (excludes halogenated alkanes) is 2. The fourth-order valence-corrected chi connectivity index (χ4v) is 2.41. The average molecular weight is 400 g/mol. The summed E-state index contributed by atoms with van der Waals surface area (Å²) < 4.78 is 9.72. The summed E-state index contributed by atoms with van der Waals surface area (Å²) in [6.45, 7) is 2.07. The number of alkyl halides is 2. The summed E-state index contributed by atoms with van der Waals surface area (Å²) >= 11 is 8.77. The Kier molecular flexibility index (Phi) is 12.6. The van der Waals surface area contributed by atoms with Gasteiger partial charge in [-0.3, -0.25) is 9.59 Å². The summed E-state index contributed by atoms with van der Waals surface area (Å²) in [4.78, 5) is 21.9. The van der Waals surface area contributed by atoms with Crippen LogP contribution in [0.25, 0.3) is 0 Å². The van der Waals surface area contributed by atoms with Crippen LogP contribution in [-0.2, 0) is 19.1 Å². The molecule has 1 N–H and O–H groups in total. The second kappa shape index (κ2) is 12.9. The fourth-order valence-electron chi connectivity index (χ4n) is 1.79. The van der Waals surface area contributed by atoms with E-state index in [9.17, 15) is 14.7 Å². The molecule has 3 atom stereocenters. The normalized spacial score (nSPS) is 15.3. The van der Waals surface area contributed by atoms with Gasteiger partial charge in [-0.2, -0.15) is 0 Å². The van der Waals surface area contributed by atoms with Crippen molar-refractivity contribution in [1.29, 1.82) is 0 Å². The van der Waals surface area contributed by atoms with Gasteiger partial charge in [0.25, 0.3) is 0 Å². The maximum Gasteiger partial charge on any atom is 0.321 e. The highest BCUT2D eigenvalue weighted by atomic mass is 79.9. The highest BCUT2D eigenvalue weighted by molar-refractivity contribution is 9.09. The van der Waals surface area contributed by atoms with Crippen molar-refractivity contribution in [2.45, 2.75) is 56.1 Å². The van der Waals surface area contributed by atoms with Crippen molar-refractivity contribution in [3.8, 4) is 0 Å². The van der Waals surface area contributed by atoms with Gasteiger partial charge >= 0.3 is 11.9 Å². The first-order valence-electron chi connectivity index (χ1n) is 7.27. The summed E-state index contributed by atoms with van der Waals surface area (Å²) in [6, 6.07) is 0. The Morgan fingerprint density at radius 3 is 2.55 bits per heavy atom. The predicted octanol–water partition coefficient (Wildman–Crippen LogP) is 2.96. The molecule has 0 radical (unpaired) electrons. The van der Waals surface area contributed by atoms with E-state index >= 15 is 0 Å². The minimum atomic E-state index is -0.919. The van der Waals surface area contributed by atoms with Gasteiger partial charge < -0.3 is 14.6 Å². The van der Waals surface area contributed by atoms with Gasteiger partial charge in [0.1, 0.15) is 18.1 Å². The molecule has 128 valence electrons. The number of halogens is 2. The highest BCUT2D eigenvalue weighted by Crippen LogP contribution is 2.19. The molecule has 0 aromatic carbocycles. The topological polar surface area (TPSA) is 72.8 Å². The van der Waals surface area contributed by atoms with Crippen molar-refractivity contribution in [1.82, 2.24) is 0 Å². The SMILES string of the molecule is CCCCCC(OC(=O)CCl)C(O)C(Br)/C=C/CC(=O)OC. The van der Waals surface area contributed by atoms with Gasteiger partial charge in [0.15, 0.2) is 0 Å². The number of carbonyl (C=O) groups is 2. The van der Waals surface area contributed by atoms with Crippen LogP contribution < -0.4 is 0 Å². The van der Waals surface area contributed by atoms with Gasteiger partial charge in [0.2, 0.25) is 0 Å². The maximum atomic E-state index is 11.4. The Morgan fingerprint density at radius 2 is 2.00 bits per heavy atom. The molecule has 0 spiro atoms. The number of hydrogen-bond donors (Lipinski definition) is 1. The van der Waals surface area contributed by atoms with E-state index in [1.807, 2.05) is 0 Å². The molecule has 22 heavy (non-hydrogen) atoms. The third kappa shape index (κ3) is 9.43. The lowest BCUT2D eigenvalue weighted by atomic mass is 10.0. The standard InChI is InChI=1S/C15H24BrClO5/c1-3-4-5-8-12(22-14(19)10-17)15(20)11(16)7-6-9-13(18)21-2/h6-7,11-12,15,20H,3-5,8-10H2,1-2H3/b7-6+. The van der Waals surface area contributed by atoms with E-state index in [2.05, 4.69) is 27.6 Å². The van der Waals surface area contributed by atoms with E-state index in [4.69, 9.17) is 16.3 Å². The number of methoxy groups -OCH3 is 1. The molecule has 0 aliphatic carbocycles. The Morgan fingerprint density at radius 1 is 1.32 bits per heavy atom. The van der Waals surface area contributed by atoms with E-state index in [0.29, 0.717) is 6.42 Å². The van der Waals surface area contributed by atoms with Crippen molar-refractivity contribution in [2.24, 2.45) is 0 Å². The van der Waals surface area contributed by atoms with Crippen molar-refractivity contribution in [3.05, 3.63) is 12.2 Å². The largest absolute Gasteiger partial charge is 0.469 e. The van der Waals surface area contributed by atoms with Gasteiger partial charge in [-0.15, -0.1) is 11.6 Å². The predicted molar refractivity (Wildman–Crippen MR) is 89.2 cm³/mol. The average Bonchev–Trinajstić information content (AvgIpc) is 2.52. The first-order valence-corrected chi connectivity index (χ1v) is 8.72.